The van der Waals surface area contributed by atoms with Crippen LogP contribution in [0, 0.1) is 6.92 Å². The monoisotopic (exact) mass is 252 g/mol. The Kier molecular flexibility index (Phi) is 9.08. The number of hydrogen-bond acceptors (Lipinski definition) is 1. The zero-order valence-electron chi connectivity index (χ0n) is 10.2. The van der Waals surface area contributed by atoms with Gasteiger partial charge in [0.15, 0.2) is 0 Å². The zero-order valence-corrected chi connectivity index (χ0v) is 12.7. The summed E-state index contributed by atoms with van der Waals surface area (Å²) in [5.41, 5.74) is 0. The van der Waals surface area contributed by atoms with Gasteiger partial charge in [-0.1, -0.05) is 71.0 Å². The summed E-state index contributed by atoms with van der Waals surface area (Å²) in [7, 11) is -2.17. The van der Waals surface area contributed by atoms with Gasteiger partial charge in [-0.3, -0.25) is 0 Å². The van der Waals surface area contributed by atoms with Gasteiger partial charge < -0.3 is 11.7 Å². The number of rotatable bonds is 2. The fraction of sp³-hybridized carbons (Fsp3) is 0.0714. The summed E-state index contributed by atoms with van der Waals surface area (Å²) in [4.78, 5) is 12.1. The van der Waals surface area contributed by atoms with Gasteiger partial charge in [-0.15, -0.1) is 0 Å². The van der Waals surface area contributed by atoms with E-state index in [2.05, 4.69) is 6.92 Å². The Balaban J connectivity index is 0.000000811. The van der Waals surface area contributed by atoms with Gasteiger partial charge in [-0.2, -0.15) is 6.92 Å². The maximum absolute atomic E-state index is 12.1. The van der Waals surface area contributed by atoms with Crippen LogP contribution in [0.4, 0.5) is 0 Å². The van der Waals surface area contributed by atoms with Crippen LogP contribution in [0.5, 0.6) is 0 Å². The van der Waals surface area contributed by atoms with Crippen molar-refractivity contribution in [3.63, 3.8) is 0 Å². The van der Waals surface area contributed by atoms with Crippen LogP contribution in [0.15, 0.2) is 60.7 Å². The molecule has 0 fully saturated rings. The Labute approximate surface area is 121 Å². The summed E-state index contributed by atoms with van der Waals surface area (Å²) in [6, 6.07) is 19.3. The quantitative estimate of drug-likeness (QED) is 0.559. The average Bonchev–Trinajstić information content (AvgIpc) is 2.42. The molecule has 2 aromatic rings. The molecule has 3 heteroatoms. The van der Waals surface area contributed by atoms with Crippen LogP contribution in [0.3, 0.4) is 0 Å². The minimum Gasteiger partial charge on any atom is -0.854 e. The molecular formula is C14H16MgOSi. The van der Waals surface area contributed by atoms with Crippen molar-refractivity contribution in [2.24, 2.45) is 0 Å². The summed E-state index contributed by atoms with van der Waals surface area (Å²) in [5, 5.41) is 1.91. The molecule has 0 N–H and O–H groups in total. The summed E-state index contributed by atoms with van der Waals surface area (Å²) in [6.45, 7) is 5.00. The summed E-state index contributed by atoms with van der Waals surface area (Å²) < 4.78 is 0. The van der Waals surface area contributed by atoms with Crippen LogP contribution < -0.4 is 15.2 Å². The topological polar surface area (TPSA) is 23.1 Å². The first-order chi connectivity index (χ1) is 7.88. The van der Waals surface area contributed by atoms with Crippen LogP contribution in [-0.2, 0) is 0 Å². The van der Waals surface area contributed by atoms with E-state index in [9.17, 15) is 4.80 Å². The van der Waals surface area contributed by atoms with Crippen molar-refractivity contribution in [1.82, 2.24) is 0 Å². The second-order valence-corrected chi connectivity index (χ2v) is 5.29. The molecule has 0 aliphatic rings. The van der Waals surface area contributed by atoms with E-state index in [0.29, 0.717) is 0 Å². The maximum Gasteiger partial charge on any atom is 2.00 e. The normalized spacial score (nSPS) is 8.94. The molecule has 0 radical (unpaired) electrons. The number of benzene rings is 2. The van der Waals surface area contributed by atoms with E-state index < -0.39 is 9.04 Å². The Morgan fingerprint density at radius 1 is 0.765 bits per heavy atom. The fourth-order valence-corrected chi connectivity index (χ4v) is 2.98. The van der Waals surface area contributed by atoms with E-state index >= 15 is 0 Å². The van der Waals surface area contributed by atoms with Crippen molar-refractivity contribution < 1.29 is 4.80 Å². The first-order valence-electron chi connectivity index (χ1n) is 5.34. The van der Waals surface area contributed by atoms with Crippen molar-refractivity contribution in [2.75, 3.05) is 0 Å². The summed E-state index contributed by atoms with van der Waals surface area (Å²) in [5.74, 6) is 0. The fourth-order valence-electron chi connectivity index (χ4n) is 1.45. The molecule has 0 unspecified atom stereocenters. The van der Waals surface area contributed by atoms with Crippen LogP contribution in [-0.4, -0.2) is 32.1 Å². The van der Waals surface area contributed by atoms with E-state index in [-0.39, 0.29) is 23.1 Å². The molecule has 0 aliphatic carbocycles. The maximum atomic E-state index is 12.1. The van der Waals surface area contributed by atoms with E-state index in [1.54, 1.807) is 6.92 Å². The molecule has 84 valence electrons. The third-order valence-corrected chi connectivity index (χ3v) is 4.19. The third kappa shape index (κ3) is 5.04. The molecule has 0 atom stereocenters. The molecule has 2 aromatic carbocycles. The van der Waals surface area contributed by atoms with Gasteiger partial charge in [-0.25, -0.2) is 0 Å². The molecule has 0 heterocycles. The summed E-state index contributed by atoms with van der Waals surface area (Å²) >= 11 is 0. The molecule has 1 nitrogen and oxygen atoms in total. The van der Waals surface area contributed by atoms with E-state index in [0.717, 1.165) is 10.4 Å². The van der Waals surface area contributed by atoms with Crippen molar-refractivity contribution >= 4 is 42.5 Å². The SMILES string of the molecule is [CH2-]C.[Mg+2].[O-][SiH](c1ccccc1)c1ccccc1. The van der Waals surface area contributed by atoms with Crippen LogP contribution in [0.25, 0.3) is 0 Å². The average molecular weight is 253 g/mol. The molecule has 0 amide bonds. The van der Waals surface area contributed by atoms with Gasteiger partial charge in [-0.05, 0) is 0 Å². The first-order valence-corrected chi connectivity index (χ1v) is 6.97. The molecule has 2 rings (SSSR count). The molecule has 0 saturated heterocycles. The van der Waals surface area contributed by atoms with E-state index in [4.69, 9.17) is 0 Å². The van der Waals surface area contributed by atoms with Crippen molar-refractivity contribution in [3.8, 4) is 0 Å². The molecule has 0 bridgehead atoms. The zero-order chi connectivity index (χ0) is 11.8. The van der Waals surface area contributed by atoms with E-state index in [1.165, 1.54) is 0 Å². The second kappa shape index (κ2) is 9.42. The smallest absolute Gasteiger partial charge is 0.854 e. The Hall–Kier alpha value is -0.617. The van der Waals surface area contributed by atoms with Crippen LogP contribution >= 0.6 is 0 Å². The molecule has 0 spiro atoms. The van der Waals surface area contributed by atoms with E-state index in [1.807, 2.05) is 60.7 Å². The Morgan fingerprint density at radius 3 is 1.35 bits per heavy atom. The Morgan fingerprint density at radius 2 is 1.06 bits per heavy atom. The molecule has 0 aliphatic heterocycles. The molecule has 17 heavy (non-hydrogen) atoms. The first kappa shape index (κ1) is 16.4. The minimum absolute atomic E-state index is 0. The van der Waals surface area contributed by atoms with Gasteiger partial charge in [0.25, 0.3) is 0 Å². The van der Waals surface area contributed by atoms with Gasteiger partial charge in [0.2, 0.25) is 0 Å². The standard InChI is InChI=1S/C12H11OSi.C2H5.Mg/c13-14(11-7-3-1-4-8-11)12-9-5-2-6-10-12;1-2;/h1-10,14H;1H2,2H3;/q2*-1;+2. The van der Waals surface area contributed by atoms with Crippen molar-refractivity contribution in [1.29, 1.82) is 0 Å². The van der Waals surface area contributed by atoms with Gasteiger partial charge in [0.1, 0.15) is 0 Å². The Bertz CT molecular complexity index is 352. The van der Waals surface area contributed by atoms with Crippen molar-refractivity contribution in [3.05, 3.63) is 67.6 Å². The second-order valence-electron chi connectivity index (χ2n) is 3.20. The van der Waals surface area contributed by atoms with Gasteiger partial charge in [0.05, 0.1) is 0 Å². The minimum atomic E-state index is -2.17. The predicted octanol–water partition coefficient (Wildman–Crippen LogP) is 0.344. The summed E-state index contributed by atoms with van der Waals surface area (Å²) in [6.07, 6.45) is 0. The van der Waals surface area contributed by atoms with Crippen LogP contribution in [0.2, 0.25) is 0 Å². The van der Waals surface area contributed by atoms with Crippen LogP contribution in [0.1, 0.15) is 6.92 Å². The largest absolute Gasteiger partial charge is 2.00 e. The van der Waals surface area contributed by atoms with Crippen molar-refractivity contribution in [2.45, 2.75) is 6.92 Å². The van der Waals surface area contributed by atoms with Gasteiger partial charge in [0, 0.05) is 9.04 Å². The predicted molar refractivity (Wildman–Crippen MR) is 76.1 cm³/mol. The third-order valence-electron chi connectivity index (χ3n) is 2.20. The molecular weight excluding hydrogens is 237 g/mol. The molecule has 0 saturated carbocycles. The number of hydrogen-bond donors (Lipinski definition) is 0. The molecule has 0 aromatic heterocycles. The van der Waals surface area contributed by atoms with Gasteiger partial charge >= 0.3 is 23.1 Å².